The van der Waals surface area contributed by atoms with Crippen LogP contribution in [0.1, 0.15) is 13.8 Å². The maximum Gasteiger partial charge on any atom is 0.121 e. The lowest BCUT2D eigenvalue weighted by Gasteiger charge is -2.40. The van der Waals surface area contributed by atoms with Crippen molar-refractivity contribution in [1.29, 1.82) is 0 Å². The number of nitrogens with one attached hydrogen (secondary N) is 1. The van der Waals surface area contributed by atoms with Crippen LogP contribution in [0, 0.1) is 5.92 Å². The van der Waals surface area contributed by atoms with Crippen LogP contribution in [-0.4, -0.2) is 32.8 Å². The molecule has 1 aromatic carbocycles. The highest BCUT2D eigenvalue weighted by Crippen LogP contribution is 2.33. The molecule has 1 aromatic rings. The molecule has 1 N–H and O–H groups in total. The minimum absolute atomic E-state index is 0.530. The summed E-state index contributed by atoms with van der Waals surface area (Å²) in [6.45, 7) is 7.67. The fourth-order valence-electron chi connectivity index (χ4n) is 2.46. The van der Waals surface area contributed by atoms with Crippen molar-refractivity contribution in [3.8, 4) is 5.75 Å². The predicted molar refractivity (Wildman–Crippen MR) is 79.5 cm³/mol. The first-order valence-electron chi connectivity index (χ1n) is 6.44. The molecule has 100 valence electrons. The van der Waals surface area contributed by atoms with E-state index in [2.05, 4.69) is 52.1 Å². The van der Waals surface area contributed by atoms with Crippen molar-refractivity contribution in [2.24, 2.45) is 5.92 Å². The Balaban J connectivity index is 2.32. The summed E-state index contributed by atoms with van der Waals surface area (Å²) in [4.78, 5) is 2.48. The highest BCUT2D eigenvalue weighted by molar-refractivity contribution is 9.10. The van der Waals surface area contributed by atoms with Gasteiger partial charge in [-0.25, -0.2) is 0 Å². The summed E-state index contributed by atoms with van der Waals surface area (Å²) in [6.07, 6.45) is 0. The summed E-state index contributed by atoms with van der Waals surface area (Å²) in [5, 5.41) is 3.48. The van der Waals surface area contributed by atoms with Crippen LogP contribution in [-0.2, 0) is 0 Å². The molecule has 1 aliphatic rings. The summed E-state index contributed by atoms with van der Waals surface area (Å²) in [7, 11) is 1.71. The van der Waals surface area contributed by atoms with E-state index in [0.29, 0.717) is 12.0 Å². The van der Waals surface area contributed by atoms with E-state index >= 15 is 0 Å². The van der Waals surface area contributed by atoms with Gasteiger partial charge in [0.15, 0.2) is 0 Å². The molecule has 0 radical (unpaired) electrons. The molecule has 2 rings (SSSR count). The highest BCUT2D eigenvalue weighted by atomic mass is 79.9. The summed E-state index contributed by atoms with van der Waals surface area (Å²) in [5.41, 5.74) is 1.23. The molecular formula is C14H21BrN2O. The Labute approximate surface area is 118 Å². The zero-order valence-electron chi connectivity index (χ0n) is 11.2. The number of ether oxygens (including phenoxy) is 1. The van der Waals surface area contributed by atoms with Crippen molar-refractivity contribution in [1.82, 2.24) is 5.32 Å². The van der Waals surface area contributed by atoms with Gasteiger partial charge in [-0.1, -0.05) is 13.8 Å². The van der Waals surface area contributed by atoms with Crippen molar-refractivity contribution in [3.05, 3.63) is 22.7 Å². The lowest BCUT2D eigenvalue weighted by Crippen LogP contribution is -2.53. The van der Waals surface area contributed by atoms with Crippen molar-refractivity contribution in [2.75, 3.05) is 31.6 Å². The molecule has 1 unspecified atom stereocenters. The third-order valence-electron chi connectivity index (χ3n) is 3.52. The number of halogens is 1. The molecule has 0 saturated carbocycles. The van der Waals surface area contributed by atoms with Gasteiger partial charge in [0.2, 0.25) is 0 Å². The van der Waals surface area contributed by atoms with E-state index in [-0.39, 0.29) is 0 Å². The van der Waals surface area contributed by atoms with Crippen molar-refractivity contribution < 1.29 is 4.74 Å². The average Bonchev–Trinajstić information content (AvgIpc) is 2.39. The van der Waals surface area contributed by atoms with Gasteiger partial charge in [0, 0.05) is 36.2 Å². The first kappa shape index (κ1) is 13.7. The maximum atomic E-state index is 5.33. The standard InChI is InChI=1S/C14H21BrN2O/c1-10(2)14-9-16-6-7-17(14)13-8-11(18-3)4-5-12(13)15/h4-5,8,10,14,16H,6-7,9H2,1-3H3. The van der Waals surface area contributed by atoms with Crippen LogP contribution >= 0.6 is 15.9 Å². The number of piperazine rings is 1. The maximum absolute atomic E-state index is 5.33. The van der Waals surface area contributed by atoms with Crippen molar-refractivity contribution in [2.45, 2.75) is 19.9 Å². The third kappa shape index (κ3) is 2.81. The molecule has 1 aliphatic heterocycles. The fraction of sp³-hybridized carbons (Fsp3) is 0.571. The molecule has 3 nitrogen and oxygen atoms in total. The van der Waals surface area contributed by atoms with Crippen LogP contribution in [0.5, 0.6) is 5.75 Å². The van der Waals surface area contributed by atoms with Gasteiger partial charge in [0.25, 0.3) is 0 Å². The largest absolute Gasteiger partial charge is 0.497 e. The normalized spacial score (nSPS) is 20.3. The zero-order valence-corrected chi connectivity index (χ0v) is 12.8. The van der Waals surface area contributed by atoms with E-state index in [1.807, 2.05) is 6.07 Å². The molecule has 0 aromatic heterocycles. The topological polar surface area (TPSA) is 24.5 Å². The van der Waals surface area contributed by atoms with E-state index < -0.39 is 0 Å². The van der Waals surface area contributed by atoms with Gasteiger partial charge in [-0.2, -0.15) is 0 Å². The van der Waals surface area contributed by atoms with Crippen molar-refractivity contribution in [3.63, 3.8) is 0 Å². The molecule has 18 heavy (non-hydrogen) atoms. The van der Waals surface area contributed by atoms with Crippen LogP contribution in [0.15, 0.2) is 22.7 Å². The summed E-state index contributed by atoms with van der Waals surface area (Å²) >= 11 is 3.65. The molecule has 0 bridgehead atoms. The number of rotatable bonds is 3. The second-order valence-corrected chi connectivity index (χ2v) is 5.88. The first-order chi connectivity index (χ1) is 8.63. The van der Waals surface area contributed by atoms with Gasteiger partial charge in [-0.15, -0.1) is 0 Å². The number of anilines is 1. The fourth-order valence-corrected chi connectivity index (χ4v) is 2.93. The van der Waals surface area contributed by atoms with E-state index in [9.17, 15) is 0 Å². The Bertz CT molecular complexity index is 409. The van der Waals surface area contributed by atoms with Gasteiger partial charge >= 0.3 is 0 Å². The predicted octanol–water partition coefficient (Wildman–Crippen LogP) is 2.89. The second kappa shape index (κ2) is 5.93. The van der Waals surface area contributed by atoms with E-state index in [1.165, 1.54) is 5.69 Å². The molecule has 0 spiro atoms. The minimum atomic E-state index is 0.530. The molecule has 1 heterocycles. The van der Waals surface area contributed by atoms with Gasteiger partial charge < -0.3 is 15.0 Å². The van der Waals surface area contributed by atoms with E-state index in [4.69, 9.17) is 4.74 Å². The second-order valence-electron chi connectivity index (χ2n) is 5.03. The first-order valence-corrected chi connectivity index (χ1v) is 7.23. The van der Waals surface area contributed by atoms with Crippen LogP contribution in [0.2, 0.25) is 0 Å². The van der Waals surface area contributed by atoms with Crippen LogP contribution in [0.4, 0.5) is 5.69 Å². The van der Waals surface area contributed by atoms with Crippen LogP contribution in [0.3, 0.4) is 0 Å². The SMILES string of the molecule is COc1ccc(Br)c(N2CCNCC2C(C)C)c1. The van der Waals surface area contributed by atoms with Crippen LogP contribution in [0.25, 0.3) is 0 Å². The Kier molecular flexibility index (Phi) is 4.51. The molecule has 1 saturated heterocycles. The minimum Gasteiger partial charge on any atom is -0.497 e. The Morgan fingerprint density at radius 1 is 1.44 bits per heavy atom. The Morgan fingerprint density at radius 3 is 2.89 bits per heavy atom. The Morgan fingerprint density at radius 2 is 2.22 bits per heavy atom. The number of benzene rings is 1. The van der Waals surface area contributed by atoms with Gasteiger partial charge in [-0.05, 0) is 34.0 Å². The third-order valence-corrected chi connectivity index (χ3v) is 4.19. The number of hydrogen-bond acceptors (Lipinski definition) is 3. The van der Waals surface area contributed by atoms with Gasteiger partial charge in [-0.3, -0.25) is 0 Å². The van der Waals surface area contributed by atoms with E-state index in [1.54, 1.807) is 7.11 Å². The van der Waals surface area contributed by atoms with Crippen molar-refractivity contribution >= 4 is 21.6 Å². The lowest BCUT2D eigenvalue weighted by molar-refractivity contribution is 0.388. The molecule has 0 amide bonds. The summed E-state index contributed by atoms with van der Waals surface area (Å²) < 4.78 is 6.47. The van der Waals surface area contributed by atoms with Crippen LogP contribution < -0.4 is 15.0 Å². The molecule has 1 fully saturated rings. The monoisotopic (exact) mass is 312 g/mol. The molecule has 4 heteroatoms. The van der Waals surface area contributed by atoms with E-state index in [0.717, 1.165) is 29.9 Å². The van der Waals surface area contributed by atoms with Gasteiger partial charge in [0.1, 0.15) is 5.75 Å². The Hall–Kier alpha value is -0.740. The summed E-state index contributed by atoms with van der Waals surface area (Å²) in [5.74, 6) is 1.53. The smallest absolute Gasteiger partial charge is 0.121 e. The number of nitrogens with zero attached hydrogens (tertiary/aromatic N) is 1. The lowest BCUT2D eigenvalue weighted by atomic mass is 10.00. The average molecular weight is 313 g/mol. The molecule has 1 atom stereocenters. The number of methoxy groups -OCH3 is 1. The molecule has 0 aliphatic carbocycles. The quantitative estimate of drug-likeness (QED) is 0.929. The highest BCUT2D eigenvalue weighted by Gasteiger charge is 2.26. The zero-order chi connectivity index (χ0) is 13.1. The molecular weight excluding hydrogens is 292 g/mol. The number of hydrogen-bond donors (Lipinski definition) is 1. The van der Waals surface area contributed by atoms with Gasteiger partial charge in [0.05, 0.1) is 12.8 Å². The summed E-state index contributed by atoms with van der Waals surface area (Å²) in [6, 6.07) is 6.69.